The molecule has 0 radical (unpaired) electrons. The second-order valence-electron chi connectivity index (χ2n) is 4.35. The maximum Gasteiger partial charge on any atom is 0.270 e. The van der Waals surface area contributed by atoms with E-state index in [4.69, 9.17) is 22.6 Å². The van der Waals surface area contributed by atoms with Crippen LogP contribution in [0.3, 0.4) is 0 Å². The number of halogens is 1. The molecule has 2 aromatic carbocycles. The topological polar surface area (TPSA) is 90.9 Å². The van der Waals surface area contributed by atoms with E-state index in [-0.39, 0.29) is 11.4 Å². The Labute approximate surface area is 133 Å². The first-order chi connectivity index (χ1) is 10.6. The van der Waals surface area contributed by atoms with Gasteiger partial charge in [0.25, 0.3) is 5.91 Å². The highest BCUT2D eigenvalue weighted by molar-refractivity contribution is 6.30. The molecule has 5 nitrogen and oxygen atoms in total. The predicted molar refractivity (Wildman–Crippen MR) is 87.0 cm³/mol. The van der Waals surface area contributed by atoms with E-state index in [0.717, 1.165) is 0 Å². The quantitative estimate of drug-likeness (QED) is 0.597. The number of hydrogen-bond donors (Lipinski definition) is 3. The van der Waals surface area contributed by atoms with Gasteiger partial charge in [0.15, 0.2) is 5.57 Å². The van der Waals surface area contributed by atoms with Crippen LogP contribution in [0.4, 0.5) is 11.4 Å². The molecule has 0 bridgehead atoms. The Balaban J connectivity index is 2.16. The number of nitrogens with two attached hydrogens (primary N) is 1. The fourth-order valence-corrected chi connectivity index (χ4v) is 1.83. The Morgan fingerprint density at radius 3 is 2.18 bits per heavy atom. The van der Waals surface area contributed by atoms with Crippen LogP contribution < -0.4 is 16.4 Å². The van der Waals surface area contributed by atoms with Crippen molar-refractivity contribution in [2.45, 2.75) is 0 Å². The number of amides is 1. The SMILES string of the molecule is N#C/C(C(=O)Nc1ccccc1)=C(/N)Nc1ccc(Cl)cc1. The third-order valence-electron chi connectivity index (χ3n) is 2.76. The molecule has 2 rings (SSSR count). The lowest BCUT2D eigenvalue weighted by Crippen LogP contribution is -2.21. The fourth-order valence-electron chi connectivity index (χ4n) is 1.70. The summed E-state index contributed by atoms with van der Waals surface area (Å²) < 4.78 is 0. The van der Waals surface area contributed by atoms with Crippen LogP contribution in [0.1, 0.15) is 0 Å². The molecule has 22 heavy (non-hydrogen) atoms. The average molecular weight is 313 g/mol. The highest BCUT2D eigenvalue weighted by Gasteiger charge is 2.14. The number of para-hydroxylation sites is 1. The molecule has 0 unspecified atom stereocenters. The number of nitrogens with zero attached hydrogens (tertiary/aromatic N) is 1. The summed E-state index contributed by atoms with van der Waals surface area (Å²) >= 11 is 5.79. The lowest BCUT2D eigenvalue weighted by Gasteiger charge is -2.09. The smallest absolute Gasteiger partial charge is 0.270 e. The van der Waals surface area contributed by atoms with E-state index in [1.54, 1.807) is 48.5 Å². The Kier molecular flexibility index (Phi) is 5.02. The summed E-state index contributed by atoms with van der Waals surface area (Å²) in [4.78, 5) is 12.1. The first-order valence-electron chi connectivity index (χ1n) is 6.39. The molecule has 0 aliphatic rings. The van der Waals surface area contributed by atoms with Crippen LogP contribution in [0, 0.1) is 11.3 Å². The van der Waals surface area contributed by atoms with Crippen molar-refractivity contribution in [2.75, 3.05) is 10.6 Å². The molecule has 2 aromatic rings. The predicted octanol–water partition coefficient (Wildman–Crippen LogP) is 3.08. The summed E-state index contributed by atoms with van der Waals surface area (Å²) in [5, 5.41) is 15.1. The Hall–Kier alpha value is -2.97. The van der Waals surface area contributed by atoms with E-state index in [9.17, 15) is 4.79 Å². The van der Waals surface area contributed by atoms with Crippen molar-refractivity contribution in [1.29, 1.82) is 5.26 Å². The standard InChI is InChI=1S/C16H13ClN4O/c17-11-6-8-13(9-7-11)20-15(19)14(10-18)16(22)21-12-4-2-1-3-5-12/h1-9,20H,19H2,(H,21,22)/b15-14+. The van der Waals surface area contributed by atoms with E-state index < -0.39 is 5.91 Å². The Morgan fingerprint density at radius 2 is 1.59 bits per heavy atom. The van der Waals surface area contributed by atoms with Gasteiger partial charge in [-0.2, -0.15) is 5.26 Å². The zero-order valence-corrected chi connectivity index (χ0v) is 12.3. The molecular weight excluding hydrogens is 300 g/mol. The first-order valence-corrected chi connectivity index (χ1v) is 6.77. The van der Waals surface area contributed by atoms with Crippen molar-refractivity contribution in [3.8, 4) is 6.07 Å². The molecule has 1 amide bonds. The summed E-state index contributed by atoms with van der Waals surface area (Å²) in [6.45, 7) is 0. The molecule has 0 aliphatic heterocycles. The molecule has 0 fully saturated rings. The highest BCUT2D eigenvalue weighted by Crippen LogP contribution is 2.15. The maximum atomic E-state index is 12.1. The van der Waals surface area contributed by atoms with Crippen molar-refractivity contribution in [3.05, 3.63) is 71.0 Å². The molecule has 0 heterocycles. The van der Waals surface area contributed by atoms with Crippen molar-refractivity contribution < 1.29 is 4.79 Å². The van der Waals surface area contributed by atoms with E-state index in [1.807, 2.05) is 12.1 Å². The molecule has 0 atom stereocenters. The van der Waals surface area contributed by atoms with Gasteiger partial charge in [-0.25, -0.2) is 0 Å². The fraction of sp³-hybridized carbons (Fsp3) is 0. The van der Waals surface area contributed by atoms with Crippen LogP contribution >= 0.6 is 11.6 Å². The van der Waals surface area contributed by atoms with Gasteiger partial charge in [0.2, 0.25) is 0 Å². The zero-order valence-electron chi connectivity index (χ0n) is 11.5. The lowest BCUT2D eigenvalue weighted by atomic mass is 10.2. The Bertz CT molecular complexity index is 733. The monoisotopic (exact) mass is 312 g/mol. The third-order valence-corrected chi connectivity index (χ3v) is 3.02. The number of nitriles is 1. The van der Waals surface area contributed by atoms with Crippen LogP contribution in [-0.4, -0.2) is 5.91 Å². The van der Waals surface area contributed by atoms with Gasteiger partial charge in [-0.1, -0.05) is 29.8 Å². The minimum atomic E-state index is -0.576. The third kappa shape index (κ3) is 4.01. The highest BCUT2D eigenvalue weighted by atomic mass is 35.5. The minimum absolute atomic E-state index is 0.0294. The number of carbonyl (C=O) groups is 1. The van der Waals surface area contributed by atoms with Gasteiger partial charge in [0, 0.05) is 16.4 Å². The first kappa shape index (κ1) is 15.4. The number of carbonyl (C=O) groups excluding carboxylic acids is 1. The van der Waals surface area contributed by atoms with Gasteiger partial charge >= 0.3 is 0 Å². The number of benzene rings is 2. The molecule has 0 aliphatic carbocycles. The number of nitrogens with one attached hydrogen (secondary N) is 2. The molecule has 0 spiro atoms. The average Bonchev–Trinajstić information content (AvgIpc) is 2.51. The summed E-state index contributed by atoms with van der Waals surface area (Å²) in [6.07, 6.45) is 0. The van der Waals surface area contributed by atoms with Gasteiger partial charge in [-0.05, 0) is 36.4 Å². The van der Waals surface area contributed by atoms with Crippen LogP contribution in [0.5, 0.6) is 0 Å². The number of rotatable bonds is 4. The van der Waals surface area contributed by atoms with Gasteiger partial charge in [-0.3, -0.25) is 4.79 Å². The van der Waals surface area contributed by atoms with Gasteiger partial charge in [-0.15, -0.1) is 0 Å². The van der Waals surface area contributed by atoms with Crippen LogP contribution in [-0.2, 0) is 4.79 Å². The van der Waals surface area contributed by atoms with Crippen molar-refractivity contribution >= 4 is 28.9 Å². The zero-order chi connectivity index (χ0) is 15.9. The van der Waals surface area contributed by atoms with Gasteiger partial charge < -0.3 is 16.4 Å². The van der Waals surface area contributed by atoms with Crippen LogP contribution in [0.15, 0.2) is 66.0 Å². The minimum Gasteiger partial charge on any atom is -0.384 e. The van der Waals surface area contributed by atoms with E-state index in [0.29, 0.717) is 16.4 Å². The summed E-state index contributed by atoms with van der Waals surface area (Å²) in [5.74, 6) is -0.606. The lowest BCUT2D eigenvalue weighted by molar-refractivity contribution is -0.112. The number of anilines is 2. The van der Waals surface area contributed by atoms with E-state index in [1.165, 1.54) is 0 Å². The van der Waals surface area contributed by atoms with Crippen molar-refractivity contribution in [1.82, 2.24) is 0 Å². The molecule has 0 saturated carbocycles. The largest absolute Gasteiger partial charge is 0.384 e. The van der Waals surface area contributed by atoms with E-state index in [2.05, 4.69) is 10.6 Å². The Morgan fingerprint density at radius 1 is 1.00 bits per heavy atom. The summed E-state index contributed by atoms with van der Waals surface area (Å²) in [6, 6.07) is 17.4. The normalized spacial score (nSPS) is 11.1. The summed E-state index contributed by atoms with van der Waals surface area (Å²) in [5.41, 5.74) is 6.82. The maximum absolute atomic E-state index is 12.1. The second kappa shape index (κ2) is 7.16. The van der Waals surface area contributed by atoms with Crippen LogP contribution in [0.25, 0.3) is 0 Å². The summed E-state index contributed by atoms with van der Waals surface area (Å²) in [7, 11) is 0. The van der Waals surface area contributed by atoms with Crippen LogP contribution in [0.2, 0.25) is 5.02 Å². The molecule has 6 heteroatoms. The van der Waals surface area contributed by atoms with Crippen molar-refractivity contribution in [3.63, 3.8) is 0 Å². The van der Waals surface area contributed by atoms with Gasteiger partial charge in [0.1, 0.15) is 11.9 Å². The molecule has 110 valence electrons. The molecular formula is C16H13ClN4O. The second-order valence-corrected chi connectivity index (χ2v) is 4.79. The molecule has 0 saturated heterocycles. The van der Waals surface area contributed by atoms with Gasteiger partial charge in [0.05, 0.1) is 0 Å². The van der Waals surface area contributed by atoms with Crippen molar-refractivity contribution in [2.24, 2.45) is 5.73 Å². The molecule has 0 aromatic heterocycles. The van der Waals surface area contributed by atoms with E-state index >= 15 is 0 Å². The number of hydrogen-bond acceptors (Lipinski definition) is 4. The molecule has 4 N–H and O–H groups in total.